The van der Waals surface area contributed by atoms with Crippen LogP contribution in [0, 0.1) is 11.3 Å². The Kier molecular flexibility index (Phi) is 7.28. The Balaban J connectivity index is 1.73. The number of hydrogen-bond acceptors (Lipinski definition) is 5. The fourth-order valence-electron chi connectivity index (χ4n) is 3.35. The van der Waals surface area contributed by atoms with Crippen LogP contribution in [0.15, 0.2) is 42.5 Å². The molecule has 7 heteroatoms. The molecule has 1 aliphatic heterocycles. The van der Waals surface area contributed by atoms with Crippen LogP contribution in [0.3, 0.4) is 0 Å². The van der Waals surface area contributed by atoms with Gasteiger partial charge in [0.2, 0.25) is 5.91 Å². The number of rotatable bonds is 8. The molecule has 0 aliphatic carbocycles. The van der Waals surface area contributed by atoms with Crippen molar-refractivity contribution in [3.05, 3.63) is 42.5 Å². The summed E-state index contributed by atoms with van der Waals surface area (Å²) in [5.41, 5.74) is 0.624. The Morgan fingerprint density at radius 3 is 2.50 bits per heavy atom. The zero-order chi connectivity index (χ0) is 23.3. The van der Waals surface area contributed by atoms with Crippen molar-refractivity contribution < 1.29 is 23.8 Å². The fourth-order valence-corrected chi connectivity index (χ4v) is 3.35. The van der Waals surface area contributed by atoms with Crippen LogP contribution in [0.2, 0.25) is 0 Å². The molecule has 0 atom stereocenters. The first-order valence-corrected chi connectivity index (χ1v) is 10.8. The summed E-state index contributed by atoms with van der Waals surface area (Å²) < 4.78 is 16.6. The average molecular weight is 441 g/mol. The van der Waals surface area contributed by atoms with E-state index in [0.29, 0.717) is 47.7 Å². The first kappa shape index (κ1) is 23.4. The van der Waals surface area contributed by atoms with E-state index in [2.05, 4.69) is 19.2 Å². The molecule has 0 saturated carbocycles. The minimum atomic E-state index is -0.633. The maximum atomic E-state index is 13.2. The molecule has 172 valence electrons. The number of nitrogens with zero attached hydrogens (tertiary/aromatic N) is 1. The molecule has 0 unspecified atom stereocenters. The van der Waals surface area contributed by atoms with Crippen LogP contribution in [0.5, 0.6) is 17.2 Å². The second-order valence-electron chi connectivity index (χ2n) is 9.01. The van der Waals surface area contributed by atoms with Gasteiger partial charge in [0, 0.05) is 12.2 Å². The standard InChI is InChI=1S/C25H32N2O5/c1-17(2)12-13-27-21-14-18(6-11-22(21)32-16-25(3,4)24(27)29)26-23(28)15-31-20-9-7-19(30-5)8-10-20/h6-11,14,17H,12-13,15-16H2,1-5H3,(H,26,28). The SMILES string of the molecule is COc1ccc(OCC(=O)Nc2ccc3c(c2)N(CCC(C)C)C(=O)C(C)(C)CO3)cc1. The number of carbonyl (C=O) groups is 2. The summed E-state index contributed by atoms with van der Waals surface area (Å²) in [6.07, 6.45) is 0.869. The molecule has 2 aromatic carbocycles. The lowest BCUT2D eigenvalue weighted by Gasteiger charge is -2.28. The van der Waals surface area contributed by atoms with Crippen LogP contribution in [0.25, 0.3) is 0 Å². The van der Waals surface area contributed by atoms with Gasteiger partial charge < -0.3 is 24.4 Å². The van der Waals surface area contributed by atoms with Crippen molar-refractivity contribution in [2.75, 3.05) is 37.1 Å². The first-order chi connectivity index (χ1) is 15.2. The highest BCUT2D eigenvalue weighted by molar-refractivity contribution is 6.00. The molecule has 2 aromatic rings. The van der Waals surface area contributed by atoms with Crippen molar-refractivity contribution >= 4 is 23.2 Å². The number of amides is 2. The number of ether oxygens (including phenoxy) is 3. The van der Waals surface area contributed by atoms with Crippen molar-refractivity contribution in [3.63, 3.8) is 0 Å². The second-order valence-corrected chi connectivity index (χ2v) is 9.01. The smallest absolute Gasteiger partial charge is 0.262 e. The summed E-state index contributed by atoms with van der Waals surface area (Å²) in [6.45, 7) is 8.80. The molecule has 0 saturated heterocycles. The van der Waals surface area contributed by atoms with Gasteiger partial charge in [-0.15, -0.1) is 0 Å². The summed E-state index contributed by atoms with van der Waals surface area (Å²) in [6, 6.07) is 12.4. The minimum Gasteiger partial charge on any atom is -0.497 e. The number of methoxy groups -OCH3 is 1. The van der Waals surface area contributed by atoms with Gasteiger partial charge in [-0.25, -0.2) is 0 Å². The molecule has 32 heavy (non-hydrogen) atoms. The maximum absolute atomic E-state index is 13.2. The Morgan fingerprint density at radius 1 is 1.16 bits per heavy atom. The fraction of sp³-hybridized carbons (Fsp3) is 0.440. The van der Waals surface area contributed by atoms with E-state index in [1.807, 2.05) is 13.8 Å². The average Bonchev–Trinajstić information content (AvgIpc) is 2.85. The number of fused-ring (bicyclic) bond motifs is 1. The molecule has 7 nitrogen and oxygen atoms in total. The van der Waals surface area contributed by atoms with Gasteiger partial charge in [0.05, 0.1) is 18.2 Å². The lowest BCUT2D eigenvalue weighted by atomic mass is 9.92. The van der Waals surface area contributed by atoms with Crippen LogP contribution in [-0.4, -0.2) is 38.7 Å². The molecule has 1 heterocycles. The van der Waals surface area contributed by atoms with Crippen LogP contribution in [-0.2, 0) is 9.59 Å². The largest absolute Gasteiger partial charge is 0.497 e. The Hall–Kier alpha value is -3.22. The zero-order valence-corrected chi connectivity index (χ0v) is 19.4. The molecule has 0 fully saturated rings. The van der Waals surface area contributed by atoms with Gasteiger partial charge >= 0.3 is 0 Å². The number of benzene rings is 2. The summed E-state index contributed by atoms with van der Waals surface area (Å²) in [5.74, 6) is 2.10. The quantitative estimate of drug-likeness (QED) is 0.654. The highest BCUT2D eigenvalue weighted by atomic mass is 16.5. The number of anilines is 2. The van der Waals surface area contributed by atoms with E-state index in [1.165, 1.54) is 0 Å². The van der Waals surface area contributed by atoms with Gasteiger partial charge in [-0.1, -0.05) is 13.8 Å². The van der Waals surface area contributed by atoms with Crippen molar-refractivity contribution in [3.8, 4) is 17.2 Å². The molecule has 1 N–H and O–H groups in total. The topological polar surface area (TPSA) is 77.1 Å². The van der Waals surface area contributed by atoms with E-state index in [0.717, 1.165) is 6.42 Å². The van der Waals surface area contributed by atoms with Gasteiger partial charge in [0.1, 0.15) is 23.9 Å². The molecular formula is C25H32N2O5. The Bertz CT molecular complexity index is 953. The van der Waals surface area contributed by atoms with Gasteiger partial charge in [-0.05, 0) is 68.7 Å². The normalized spacial score (nSPS) is 14.9. The van der Waals surface area contributed by atoms with Crippen molar-refractivity contribution in [1.82, 2.24) is 0 Å². The molecular weight excluding hydrogens is 408 g/mol. The predicted molar refractivity (Wildman–Crippen MR) is 125 cm³/mol. The van der Waals surface area contributed by atoms with Gasteiger partial charge in [-0.3, -0.25) is 9.59 Å². The molecule has 2 amide bonds. The Labute approximate surface area is 189 Å². The van der Waals surface area contributed by atoms with E-state index in [1.54, 1.807) is 54.5 Å². The Morgan fingerprint density at radius 2 is 1.84 bits per heavy atom. The third kappa shape index (κ3) is 5.72. The molecule has 0 radical (unpaired) electrons. The second kappa shape index (κ2) is 9.94. The maximum Gasteiger partial charge on any atom is 0.262 e. The summed E-state index contributed by atoms with van der Waals surface area (Å²) in [5, 5.41) is 2.84. The summed E-state index contributed by atoms with van der Waals surface area (Å²) in [4.78, 5) is 27.4. The first-order valence-electron chi connectivity index (χ1n) is 10.8. The predicted octanol–water partition coefficient (Wildman–Crippen LogP) is 4.51. The lowest BCUT2D eigenvalue weighted by Crippen LogP contribution is -2.42. The summed E-state index contributed by atoms with van der Waals surface area (Å²) >= 11 is 0. The van der Waals surface area contributed by atoms with Crippen molar-refractivity contribution in [1.29, 1.82) is 0 Å². The highest BCUT2D eigenvalue weighted by Gasteiger charge is 2.37. The van der Waals surface area contributed by atoms with Crippen LogP contribution in [0.4, 0.5) is 11.4 Å². The van der Waals surface area contributed by atoms with E-state index >= 15 is 0 Å². The lowest BCUT2D eigenvalue weighted by molar-refractivity contribution is -0.127. The van der Waals surface area contributed by atoms with E-state index in [9.17, 15) is 9.59 Å². The molecule has 0 bridgehead atoms. The van der Waals surface area contributed by atoms with Gasteiger partial charge in [0.25, 0.3) is 5.91 Å². The van der Waals surface area contributed by atoms with E-state index < -0.39 is 5.41 Å². The van der Waals surface area contributed by atoms with Gasteiger partial charge in [0.15, 0.2) is 6.61 Å². The van der Waals surface area contributed by atoms with Crippen LogP contribution >= 0.6 is 0 Å². The number of nitrogens with one attached hydrogen (secondary N) is 1. The number of carbonyl (C=O) groups excluding carboxylic acids is 2. The molecule has 0 aromatic heterocycles. The number of hydrogen-bond donors (Lipinski definition) is 1. The zero-order valence-electron chi connectivity index (χ0n) is 19.4. The van der Waals surface area contributed by atoms with Crippen LogP contribution in [0.1, 0.15) is 34.1 Å². The minimum absolute atomic E-state index is 0.0169. The third-order valence-electron chi connectivity index (χ3n) is 5.31. The van der Waals surface area contributed by atoms with E-state index in [4.69, 9.17) is 14.2 Å². The van der Waals surface area contributed by atoms with Gasteiger partial charge in [-0.2, -0.15) is 0 Å². The molecule has 1 aliphatic rings. The van der Waals surface area contributed by atoms with Crippen molar-refractivity contribution in [2.45, 2.75) is 34.1 Å². The molecule has 3 rings (SSSR count). The van der Waals surface area contributed by atoms with E-state index in [-0.39, 0.29) is 18.4 Å². The molecule has 0 spiro atoms. The van der Waals surface area contributed by atoms with Crippen LogP contribution < -0.4 is 24.4 Å². The highest BCUT2D eigenvalue weighted by Crippen LogP contribution is 2.38. The van der Waals surface area contributed by atoms with Crippen molar-refractivity contribution in [2.24, 2.45) is 11.3 Å². The summed E-state index contributed by atoms with van der Waals surface area (Å²) in [7, 11) is 1.59. The monoisotopic (exact) mass is 440 g/mol. The third-order valence-corrected chi connectivity index (χ3v) is 5.31.